The van der Waals surface area contributed by atoms with Gasteiger partial charge in [-0.1, -0.05) is 41.6 Å². The normalized spacial score (nSPS) is 17.9. The molecule has 3 heterocycles. The molecule has 0 aliphatic carbocycles. The minimum atomic E-state index is -0.126. The maximum absolute atomic E-state index is 6.38. The molecular formula is C24H26N2O2. The fourth-order valence-electron chi connectivity index (χ4n) is 4.69. The van der Waals surface area contributed by atoms with Gasteiger partial charge in [-0.05, 0) is 55.3 Å². The maximum Gasteiger partial charge on any atom is 0.144 e. The molecule has 0 atom stereocenters. The zero-order valence-corrected chi connectivity index (χ0v) is 16.1. The number of nitrogens with zero attached hydrogens (tertiary/aromatic N) is 1. The van der Waals surface area contributed by atoms with Crippen LogP contribution >= 0.6 is 0 Å². The Bertz CT molecular complexity index is 1090. The lowest BCUT2D eigenvalue weighted by Crippen LogP contribution is -2.50. The number of nitrogens with one attached hydrogen (secondary N) is 1. The Morgan fingerprint density at radius 3 is 2.64 bits per heavy atom. The fraction of sp³-hybridized carbons (Fsp3) is 0.375. The van der Waals surface area contributed by atoms with E-state index in [-0.39, 0.29) is 5.60 Å². The van der Waals surface area contributed by atoms with Crippen molar-refractivity contribution in [2.45, 2.75) is 44.1 Å². The van der Waals surface area contributed by atoms with E-state index in [1.54, 1.807) is 0 Å². The lowest BCUT2D eigenvalue weighted by molar-refractivity contribution is 0.0676. The molecule has 0 bridgehead atoms. The van der Waals surface area contributed by atoms with Crippen LogP contribution < -0.4 is 15.8 Å². The molecule has 1 saturated heterocycles. The number of piperidine rings is 1. The first kappa shape index (κ1) is 17.5. The Hall–Kier alpha value is -2.59. The van der Waals surface area contributed by atoms with E-state index >= 15 is 0 Å². The van der Waals surface area contributed by atoms with E-state index in [2.05, 4.69) is 40.8 Å². The minimum absolute atomic E-state index is 0.126. The van der Waals surface area contributed by atoms with Crippen molar-refractivity contribution in [1.82, 2.24) is 10.5 Å². The monoisotopic (exact) mass is 374 g/mol. The number of hydrogen-bond acceptors (Lipinski definition) is 4. The van der Waals surface area contributed by atoms with Gasteiger partial charge in [-0.15, -0.1) is 0 Å². The topological polar surface area (TPSA) is 47.3 Å². The summed E-state index contributed by atoms with van der Waals surface area (Å²) in [6.07, 6.45) is 8.26. The average Bonchev–Trinajstić information content (AvgIpc) is 3.16. The highest BCUT2D eigenvalue weighted by Crippen LogP contribution is 2.36. The van der Waals surface area contributed by atoms with Crippen molar-refractivity contribution in [3.63, 3.8) is 0 Å². The predicted octanol–water partition coefficient (Wildman–Crippen LogP) is 3.28. The number of aromatic nitrogens is 1. The van der Waals surface area contributed by atoms with Crippen LogP contribution in [-0.2, 0) is 11.2 Å². The highest BCUT2D eigenvalue weighted by atomic mass is 16.5. The molecule has 4 heteroatoms. The summed E-state index contributed by atoms with van der Waals surface area (Å²) in [5.74, 6) is 1.01. The van der Waals surface area contributed by atoms with Crippen LogP contribution in [0.25, 0.3) is 22.7 Å². The van der Waals surface area contributed by atoms with Crippen molar-refractivity contribution in [1.29, 1.82) is 0 Å². The van der Waals surface area contributed by atoms with Crippen molar-refractivity contribution in [2.24, 2.45) is 0 Å². The van der Waals surface area contributed by atoms with Gasteiger partial charge in [0, 0.05) is 29.9 Å². The molecular weight excluding hydrogens is 348 g/mol. The molecule has 0 saturated carbocycles. The lowest BCUT2D eigenvalue weighted by atomic mass is 9.79. The molecule has 28 heavy (non-hydrogen) atoms. The number of hydrogen-bond donors (Lipinski definition) is 1. The first-order valence-electron chi connectivity index (χ1n) is 10.4. The van der Waals surface area contributed by atoms with Crippen LogP contribution in [0.1, 0.15) is 37.9 Å². The van der Waals surface area contributed by atoms with E-state index in [9.17, 15) is 0 Å². The second kappa shape index (κ2) is 7.44. The molecule has 4 nitrogen and oxygen atoms in total. The third-order valence-corrected chi connectivity index (χ3v) is 6.20. The number of fused-ring (bicyclic) bond motifs is 2. The van der Waals surface area contributed by atoms with Crippen LogP contribution in [0.3, 0.4) is 0 Å². The van der Waals surface area contributed by atoms with E-state index in [4.69, 9.17) is 9.26 Å². The second-order valence-electron chi connectivity index (χ2n) is 7.88. The summed E-state index contributed by atoms with van der Waals surface area (Å²) in [6.45, 7) is 2.03. The van der Waals surface area contributed by atoms with Gasteiger partial charge in [0.15, 0.2) is 0 Å². The predicted molar refractivity (Wildman–Crippen MR) is 111 cm³/mol. The van der Waals surface area contributed by atoms with E-state index in [0.717, 1.165) is 68.3 Å². The van der Waals surface area contributed by atoms with Crippen molar-refractivity contribution in [3.05, 3.63) is 64.7 Å². The van der Waals surface area contributed by atoms with Gasteiger partial charge in [-0.2, -0.15) is 0 Å². The van der Waals surface area contributed by atoms with Crippen molar-refractivity contribution < 1.29 is 9.26 Å². The first-order valence-corrected chi connectivity index (χ1v) is 10.4. The number of benzene rings is 2. The van der Waals surface area contributed by atoms with E-state index in [0.29, 0.717) is 0 Å². The molecule has 2 aliphatic rings. The van der Waals surface area contributed by atoms with Crippen molar-refractivity contribution in [3.8, 4) is 0 Å². The van der Waals surface area contributed by atoms with Gasteiger partial charge in [0.1, 0.15) is 16.9 Å². The summed E-state index contributed by atoms with van der Waals surface area (Å²) in [5.41, 5.74) is 2.30. The highest BCUT2D eigenvalue weighted by molar-refractivity contribution is 5.80. The van der Waals surface area contributed by atoms with Crippen LogP contribution in [0.15, 0.2) is 53.1 Å². The lowest BCUT2D eigenvalue weighted by Gasteiger charge is -2.41. The molecule has 0 radical (unpaired) electrons. The molecule has 0 unspecified atom stereocenters. The van der Waals surface area contributed by atoms with Gasteiger partial charge in [-0.25, -0.2) is 0 Å². The van der Waals surface area contributed by atoms with E-state index in [1.165, 1.54) is 16.0 Å². The van der Waals surface area contributed by atoms with Gasteiger partial charge in [0.25, 0.3) is 0 Å². The molecule has 2 aromatic carbocycles. The average molecular weight is 374 g/mol. The Labute approximate surface area is 164 Å². The number of aryl methyl sites for hydroxylation is 1. The highest BCUT2D eigenvalue weighted by Gasteiger charge is 2.38. The maximum atomic E-state index is 6.38. The summed E-state index contributed by atoms with van der Waals surface area (Å²) in [5, 5.41) is 11.4. The summed E-state index contributed by atoms with van der Waals surface area (Å²) in [4.78, 5) is 0. The molecule has 1 aromatic heterocycles. The quantitative estimate of drug-likeness (QED) is 0.696. The Morgan fingerprint density at radius 1 is 0.929 bits per heavy atom. The Balaban J connectivity index is 1.35. The van der Waals surface area contributed by atoms with Crippen LogP contribution in [0.4, 0.5) is 0 Å². The van der Waals surface area contributed by atoms with Gasteiger partial charge in [0.2, 0.25) is 0 Å². The third kappa shape index (κ3) is 3.12. The summed E-state index contributed by atoms with van der Waals surface area (Å²) in [7, 11) is 0. The fourth-order valence-corrected chi connectivity index (χ4v) is 4.69. The van der Waals surface area contributed by atoms with Crippen molar-refractivity contribution >= 4 is 22.7 Å². The first-order chi connectivity index (χ1) is 13.9. The largest absolute Gasteiger partial charge is 0.490 e. The van der Waals surface area contributed by atoms with Crippen LogP contribution in [0.5, 0.6) is 0 Å². The molecule has 1 spiro atoms. The van der Waals surface area contributed by atoms with Gasteiger partial charge >= 0.3 is 0 Å². The molecule has 2 aliphatic heterocycles. The van der Waals surface area contributed by atoms with Crippen LogP contribution in [0, 0.1) is 0 Å². The Morgan fingerprint density at radius 2 is 1.71 bits per heavy atom. The summed E-state index contributed by atoms with van der Waals surface area (Å²) < 4.78 is 12.0. The zero-order chi connectivity index (χ0) is 18.8. The zero-order valence-electron chi connectivity index (χ0n) is 16.1. The molecule has 5 rings (SSSR count). The van der Waals surface area contributed by atoms with Crippen LogP contribution in [0.2, 0.25) is 0 Å². The SMILES string of the molecule is C1=c2ccccc2=C(CCCCc2onc3ccccc23)C2(CCNCC2)O1. The number of unbranched alkanes of at least 4 members (excludes halogenated alkanes) is 1. The van der Waals surface area contributed by atoms with Crippen LogP contribution in [-0.4, -0.2) is 23.8 Å². The number of ether oxygens (including phenoxy) is 1. The van der Waals surface area contributed by atoms with Gasteiger partial charge < -0.3 is 14.6 Å². The van der Waals surface area contributed by atoms with E-state index < -0.39 is 0 Å². The third-order valence-electron chi connectivity index (χ3n) is 6.20. The second-order valence-corrected chi connectivity index (χ2v) is 7.88. The number of rotatable bonds is 5. The van der Waals surface area contributed by atoms with Crippen molar-refractivity contribution in [2.75, 3.05) is 13.1 Å². The smallest absolute Gasteiger partial charge is 0.144 e. The summed E-state index contributed by atoms with van der Waals surface area (Å²) >= 11 is 0. The minimum Gasteiger partial charge on any atom is -0.490 e. The van der Waals surface area contributed by atoms with Gasteiger partial charge in [0.05, 0.1) is 6.26 Å². The molecule has 1 N–H and O–H groups in total. The molecule has 0 amide bonds. The molecule has 1 fully saturated rings. The molecule has 3 aromatic rings. The molecule has 144 valence electrons. The standard InChI is InChI=1S/C24H26N2O2/c1-2-8-19-18(7-1)17-27-24(13-15-25-16-14-24)21(19)10-4-6-12-23-20-9-3-5-11-22(20)26-28-23/h1-3,5,7-9,11,17,25H,4,6,10,12-16H2. The van der Waals surface area contributed by atoms with E-state index in [1.807, 2.05) is 24.5 Å². The van der Waals surface area contributed by atoms with Gasteiger partial charge in [-0.3, -0.25) is 0 Å². The summed E-state index contributed by atoms with van der Waals surface area (Å²) in [6, 6.07) is 16.8. The Kier molecular flexibility index (Phi) is 4.65.